The van der Waals surface area contributed by atoms with E-state index in [-0.39, 0.29) is 11.7 Å². The summed E-state index contributed by atoms with van der Waals surface area (Å²) in [7, 11) is 0. The van der Waals surface area contributed by atoms with Crippen LogP contribution in [0.15, 0.2) is 24.3 Å². The number of hydrogen-bond acceptors (Lipinski definition) is 3. The summed E-state index contributed by atoms with van der Waals surface area (Å²) in [6.45, 7) is 4.63. The molecule has 0 N–H and O–H groups in total. The maximum atomic E-state index is 12.1. The first-order valence-corrected chi connectivity index (χ1v) is 7.31. The molecule has 21 heavy (non-hydrogen) atoms. The molecule has 1 aliphatic heterocycles. The molecule has 0 aliphatic carbocycles. The maximum absolute atomic E-state index is 12.1. The van der Waals surface area contributed by atoms with Gasteiger partial charge in [-0.25, -0.2) is 0 Å². The van der Waals surface area contributed by atoms with Crippen molar-refractivity contribution in [3.8, 4) is 0 Å². The third-order valence-corrected chi connectivity index (χ3v) is 4.05. The summed E-state index contributed by atoms with van der Waals surface area (Å²) in [5.74, 6) is 0.166. The second kappa shape index (κ2) is 5.28. The lowest BCUT2D eigenvalue weighted by atomic mass is 9.93. The number of rotatable bonds is 2. The Labute approximate surface area is 123 Å². The smallest absolute Gasteiger partial charge is 0.222 e. The quantitative estimate of drug-likeness (QED) is 0.796. The number of nitrogens with zero attached hydrogens (tertiary/aromatic N) is 2. The number of ketones is 1. The first kappa shape index (κ1) is 13.7. The largest absolute Gasteiger partial charge is 0.338 e. The van der Waals surface area contributed by atoms with Gasteiger partial charge in [0.25, 0.3) is 0 Å². The van der Waals surface area contributed by atoms with Gasteiger partial charge in [-0.05, 0) is 13.0 Å². The predicted octanol–water partition coefficient (Wildman–Crippen LogP) is 2.73. The van der Waals surface area contributed by atoms with Gasteiger partial charge in [0.05, 0.1) is 5.52 Å². The number of benzene rings is 1. The van der Waals surface area contributed by atoms with Gasteiger partial charge in [0.15, 0.2) is 5.78 Å². The molecule has 0 saturated carbocycles. The summed E-state index contributed by atoms with van der Waals surface area (Å²) in [5.41, 5.74) is 3.47. The van der Waals surface area contributed by atoms with Gasteiger partial charge in [-0.3, -0.25) is 14.6 Å². The monoisotopic (exact) mass is 282 g/mol. The molecule has 4 nitrogen and oxygen atoms in total. The number of hydrogen-bond donors (Lipinski definition) is 0. The number of amides is 1. The van der Waals surface area contributed by atoms with Crippen LogP contribution in [-0.2, 0) is 17.8 Å². The molecule has 3 rings (SSSR count). The maximum Gasteiger partial charge on any atom is 0.222 e. The Bertz CT molecular complexity index is 737. The number of aromatic nitrogens is 1. The fraction of sp³-hybridized carbons (Fsp3) is 0.353. The van der Waals surface area contributed by atoms with E-state index in [1.54, 1.807) is 6.92 Å². The van der Waals surface area contributed by atoms with Crippen LogP contribution in [0, 0.1) is 0 Å². The molecule has 0 radical (unpaired) electrons. The van der Waals surface area contributed by atoms with Crippen molar-refractivity contribution in [2.24, 2.45) is 0 Å². The molecule has 0 atom stereocenters. The van der Waals surface area contributed by atoms with Crippen LogP contribution in [0.4, 0.5) is 0 Å². The van der Waals surface area contributed by atoms with Crippen molar-refractivity contribution < 1.29 is 9.59 Å². The van der Waals surface area contributed by atoms with E-state index in [4.69, 9.17) is 0 Å². The van der Waals surface area contributed by atoms with Crippen molar-refractivity contribution in [1.82, 2.24) is 9.88 Å². The molecule has 2 aromatic rings. The van der Waals surface area contributed by atoms with Crippen LogP contribution in [-0.4, -0.2) is 28.1 Å². The van der Waals surface area contributed by atoms with Crippen LogP contribution in [0.1, 0.15) is 41.9 Å². The summed E-state index contributed by atoms with van der Waals surface area (Å²) in [6, 6.07) is 7.72. The third-order valence-electron chi connectivity index (χ3n) is 4.05. The minimum absolute atomic E-state index is 0.0376. The highest BCUT2D eigenvalue weighted by molar-refractivity contribution is 6.07. The predicted molar refractivity (Wildman–Crippen MR) is 81.2 cm³/mol. The zero-order valence-electron chi connectivity index (χ0n) is 12.3. The lowest BCUT2D eigenvalue weighted by Gasteiger charge is -2.29. The molecule has 0 fully saturated rings. The summed E-state index contributed by atoms with van der Waals surface area (Å²) in [4.78, 5) is 30.6. The molecule has 1 aliphatic rings. The highest BCUT2D eigenvalue weighted by Crippen LogP contribution is 2.28. The molecule has 1 aromatic carbocycles. The van der Waals surface area contributed by atoms with Crippen LogP contribution in [0.2, 0.25) is 0 Å². The van der Waals surface area contributed by atoms with Gasteiger partial charge in [0.2, 0.25) is 5.91 Å². The Morgan fingerprint density at radius 1 is 1.29 bits per heavy atom. The summed E-state index contributed by atoms with van der Waals surface area (Å²) >= 11 is 0. The number of Topliss-reactive ketones (excluding diaryl/α,β-unsaturated/α-hetero) is 1. The molecule has 0 spiro atoms. The Morgan fingerprint density at radius 2 is 2.05 bits per heavy atom. The second-order valence-corrected chi connectivity index (χ2v) is 5.40. The van der Waals surface area contributed by atoms with Crippen LogP contribution < -0.4 is 0 Å². The van der Waals surface area contributed by atoms with E-state index in [1.165, 1.54) is 0 Å². The van der Waals surface area contributed by atoms with Gasteiger partial charge in [-0.15, -0.1) is 0 Å². The second-order valence-electron chi connectivity index (χ2n) is 5.40. The van der Waals surface area contributed by atoms with Crippen molar-refractivity contribution in [1.29, 1.82) is 0 Å². The van der Waals surface area contributed by atoms with E-state index >= 15 is 0 Å². The summed E-state index contributed by atoms with van der Waals surface area (Å²) in [5, 5.41) is 0.884. The zero-order chi connectivity index (χ0) is 15.0. The third kappa shape index (κ3) is 2.31. The zero-order valence-corrected chi connectivity index (χ0v) is 12.3. The van der Waals surface area contributed by atoms with Crippen LogP contribution in [0.25, 0.3) is 10.9 Å². The number of pyridine rings is 1. The highest BCUT2D eigenvalue weighted by atomic mass is 16.2. The number of carbonyl (C=O) groups is 2. The standard InChI is InChI=1S/C17H18N2O2/c1-3-16(21)19-9-8-15-13(10-19)17(11(2)20)12-6-4-5-7-14(12)18-15/h4-7H,3,8-10H2,1-2H3. The lowest BCUT2D eigenvalue weighted by molar-refractivity contribution is -0.131. The van der Waals surface area contributed by atoms with Crippen molar-refractivity contribution in [2.75, 3.05) is 6.54 Å². The Morgan fingerprint density at radius 3 is 2.76 bits per heavy atom. The SMILES string of the molecule is CCC(=O)N1CCc2nc3ccccc3c(C(C)=O)c2C1. The highest BCUT2D eigenvalue weighted by Gasteiger charge is 2.25. The molecule has 4 heteroatoms. The first-order chi connectivity index (χ1) is 10.1. The number of carbonyl (C=O) groups excluding carboxylic acids is 2. The molecule has 2 heterocycles. The van der Waals surface area contributed by atoms with E-state index in [2.05, 4.69) is 4.98 Å². The van der Waals surface area contributed by atoms with Crippen molar-refractivity contribution in [3.63, 3.8) is 0 Å². The van der Waals surface area contributed by atoms with Gasteiger partial charge in [-0.1, -0.05) is 25.1 Å². The van der Waals surface area contributed by atoms with Gasteiger partial charge in [0, 0.05) is 48.1 Å². The average Bonchev–Trinajstić information content (AvgIpc) is 2.50. The van der Waals surface area contributed by atoms with E-state index in [1.807, 2.05) is 36.1 Å². The first-order valence-electron chi connectivity index (χ1n) is 7.31. The van der Waals surface area contributed by atoms with Gasteiger partial charge in [-0.2, -0.15) is 0 Å². The Balaban J connectivity index is 2.19. The summed E-state index contributed by atoms with van der Waals surface area (Å²) in [6.07, 6.45) is 1.21. The van der Waals surface area contributed by atoms with Crippen molar-refractivity contribution in [3.05, 3.63) is 41.1 Å². The Kier molecular flexibility index (Phi) is 3.45. The van der Waals surface area contributed by atoms with E-state index in [0.717, 1.165) is 27.7 Å². The minimum atomic E-state index is 0.0376. The Hall–Kier alpha value is -2.23. The van der Waals surface area contributed by atoms with Crippen molar-refractivity contribution >= 4 is 22.6 Å². The molecule has 0 unspecified atom stereocenters. The lowest BCUT2D eigenvalue weighted by Crippen LogP contribution is -2.36. The topological polar surface area (TPSA) is 50.3 Å². The van der Waals surface area contributed by atoms with E-state index < -0.39 is 0 Å². The molecule has 108 valence electrons. The van der Waals surface area contributed by atoms with E-state index in [0.29, 0.717) is 25.9 Å². The van der Waals surface area contributed by atoms with Gasteiger partial charge >= 0.3 is 0 Å². The molecular formula is C17H18N2O2. The fourth-order valence-corrected chi connectivity index (χ4v) is 3.03. The van der Waals surface area contributed by atoms with E-state index in [9.17, 15) is 9.59 Å². The molecular weight excluding hydrogens is 264 g/mol. The van der Waals surface area contributed by atoms with Crippen LogP contribution in [0.3, 0.4) is 0 Å². The molecule has 0 saturated heterocycles. The molecule has 1 amide bonds. The fourth-order valence-electron chi connectivity index (χ4n) is 3.03. The van der Waals surface area contributed by atoms with Gasteiger partial charge in [0.1, 0.15) is 0 Å². The molecule has 0 bridgehead atoms. The van der Waals surface area contributed by atoms with Crippen LogP contribution in [0.5, 0.6) is 0 Å². The van der Waals surface area contributed by atoms with Crippen LogP contribution >= 0.6 is 0 Å². The average molecular weight is 282 g/mol. The van der Waals surface area contributed by atoms with Gasteiger partial charge < -0.3 is 4.90 Å². The molecule has 1 aromatic heterocycles. The normalized spacial score (nSPS) is 14.1. The number of para-hydroxylation sites is 1. The minimum Gasteiger partial charge on any atom is -0.338 e. The number of fused-ring (bicyclic) bond motifs is 2. The summed E-state index contributed by atoms with van der Waals surface area (Å²) < 4.78 is 0. The van der Waals surface area contributed by atoms with Crippen molar-refractivity contribution in [2.45, 2.75) is 33.2 Å².